The zero-order valence-corrected chi connectivity index (χ0v) is 13.0. The largest absolute Gasteiger partial charge is 0.361 e. The SMILES string of the molecule is Cc1cc(CN2C(=O)N[C@@](C)(c3ccc([N+](=O)[O-])cc3)C2=O)no1. The van der Waals surface area contributed by atoms with E-state index in [9.17, 15) is 19.7 Å². The first-order valence-corrected chi connectivity index (χ1v) is 7.12. The average molecular weight is 330 g/mol. The Kier molecular flexibility index (Phi) is 3.55. The number of non-ortho nitro benzene ring substituents is 1. The first-order chi connectivity index (χ1) is 11.3. The summed E-state index contributed by atoms with van der Waals surface area (Å²) in [4.78, 5) is 36.2. The van der Waals surface area contributed by atoms with Crippen molar-refractivity contribution in [2.45, 2.75) is 25.9 Å². The summed E-state index contributed by atoms with van der Waals surface area (Å²) < 4.78 is 4.93. The Morgan fingerprint density at radius 2 is 2.00 bits per heavy atom. The van der Waals surface area contributed by atoms with Gasteiger partial charge in [-0.05, 0) is 31.5 Å². The van der Waals surface area contributed by atoms with Gasteiger partial charge in [-0.2, -0.15) is 0 Å². The van der Waals surface area contributed by atoms with Crippen molar-refractivity contribution >= 4 is 17.6 Å². The molecule has 3 rings (SSSR count). The van der Waals surface area contributed by atoms with E-state index in [1.165, 1.54) is 24.3 Å². The first kappa shape index (κ1) is 15.7. The predicted molar refractivity (Wildman–Crippen MR) is 80.8 cm³/mol. The van der Waals surface area contributed by atoms with Crippen molar-refractivity contribution in [2.24, 2.45) is 0 Å². The summed E-state index contributed by atoms with van der Waals surface area (Å²) in [6, 6.07) is 6.59. The van der Waals surface area contributed by atoms with Gasteiger partial charge in [0.15, 0.2) is 0 Å². The van der Waals surface area contributed by atoms with Gasteiger partial charge in [-0.15, -0.1) is 0 Å². The molecular weight excluding hydrogens is 316 g/mol. The number of carbonyl (C=O) groups excluding carboxylic acids is 2. The highest BCUT2D eigenvalue weighted by atomic mass is 16.6. The van der Waals surface area contributed by atoms with Crippen LogP contribution in [-0.4, -0.2) is 26.9 Å². The highest BCUT2D eigenvalue weighted by Crippen LogP contribution is 2.30. The number of imide groups is 1. The van der Waals surface area contributed by atoms with Crippen molar-refractivity contribution in [3.8, 4) is 0 Å². The van der Waals surface area contributed by atoms with E-state index in [0.29, 0.717) is 17.0 Å². The smallest absolute Gasteiger partial charge is 0.325 e. The van der Waals surface area contributed by atoms with Crippen LogP contribution in [0.1, 0.15) is 23.9 Å². The average Bonchev–Trinajstić information content (AvgIpc) is 3.05. The Morgan fingerprint density at radius 1 is 1.33 bits per heavy atom. The molecule has 0 aliphatic carbocycles. The Morgan fingerprint density at radius 3 is 2.54 bits per heavy atom. The van der Waals surface area contributed by atoms with Crippen LogP contribution in [0.5, 0.6) is 0 Å². The lowest BCUT2D eigenvalue weighted by molar-refractivity contribution is -0.384. The molecule has 0 saturated carbocycles. The monoisotopic (exact) mass is 330 g/mol. The molecule has 1 N–H and O–H groups in total. The van der Waals surface area contributed by atoms with Crippen LogP contribution in [0.15, 0.2) is 34.9 Å². The normalized spacial score (nSPS) is 20.3. The van der Waals surface area contributed by atoms with E-state index in [-0.39, 0.29) is 12.2 Å². The fourth-order valence-electron chi connectivity index (χ4n) is 2.61. The zero-order valence-electron chi connectivity index (χ0n) is 13.0. The van der Waals surface area contributed by atoms with Crippen LogP contribution in [0.2, 0.25) is 0 Å². The van der Waals surface area contributed by atoms with Crippen molar-refractivity contribution in [1.29, 1.82) is 0 Å². The molecule has 1 aliphatic rings. The number of nitrogens with zero attached hydrogens (tertiary/aromatic N) is 3. The second kappa shape index (κ2) is 5.44. The number of nitro benzene ring substituents is 1. The molecule has 1 aliphatic heterocycles. The van der Waals surface area contributed by atoms with E-state index in [4.69, 9.17) is 4.52 Å². The van der Waals surface area contributed by atoms with Gasteiger partial charge in [0.1, 0.15) is 17.0 Å². The summed E-state index contributed by atoms with van der Waals surface area (Å²) in [7, 11) is 0. The number of hydrogen-bond donors (Lipinski definition) is 1. The minimum Gasteiger partial charge on any atom is -0.361 e. The van der Waals surface area contributed by atoms with Crippen molar-refractivity contribution in [3.05, 3.63) is 57.5 Å². The van der Waals surface area contributed by atoms with Crippen LogP contribution < -0.4 is 5.32 Å². The molecule has 9 nitrogen and oxygen atoms in total. The lowest BCUT2D eigenvalue weighted by Crippen LogP contribution is -2.40. The number of amides is 3. The van der Waals surface area contributed by atoms with Gasteiger partial charge in [0.25, 0.3) is 11.6 Å². The standard InChI is InChI=1S/C15H14N4O5/c1-9-7-11(17-24-9)8-18-13(20)15(2,16-14(18)21)10-3-5-12(6-4-10)19(22)23/h3-7H,8H2,1-2H3,(H,16,21)/t15-/m0/s1. The fourth-order valence-corrected chi connectivity index (χ4v) is 2.61. The quantitative estimate of drug-likeness (QED) is 0.519. The molecule has 9 heteroatoms. The Balaban J connectivity index is 1.87. The van der Waals surface area contributed by atoms with Crippen LogP contribution in [0.25, 0.3) is 0 Å². The number of nitrogens with one attached hydrogen (secondary N) is 1. The summed E-state index contributed by atoms with van der Waals surface area (Å²) in [5.41, 5.74) is -0.450. The fraction of sp³-hybridized carbons (Fsp3) is 0.267. The van der Waals surface area contributed by atoms with Crippen molar-refractivity contribution in [2.75, 3.05) is 0 Å². The number of urea groups is 1. The molecule has 1 saturated heterocycles. The molecule has 3 amide bonds. The first-order valence-electron chi connectivity index (χ1n) is 7.12. The van der Waals surface area contributed by atoms with E-state index in [1.807, 2.05) is 0 Å². The summed E-state index contributed by atoms with van der Waals surface area (Å²) in [6.45, 7) is 3.26. The van der Waals surface area contributed by atoms with Gasteiger partial charge in [-0.25, -0.2) is 4.79 Å². The number of benzene rings is 1. The molecule has 0 bridgehead atoms. The third-order valence-electron chi connectivity index (χ3n) is 3.93. The van der Waals surface area contributed by atoms with E-state index in [2.05, 4.69) is 10.5 Å². The van der Waals surface area contributed by atoms with Gasteiger partial charge in [-0.1, -0.05) is 5.16 Å². The van der Waals surface area contributed by atoms with Crippen LogP contribution in [-0.2, 0) is 16.9 Å². The minimum atomic E-state index is -1.29. The maximum Gasteiger partial charge on any atom is 0.325 e. The third kappa shape index (κ3) is 2.49. The molecule has 124 valence electrons. The maximum atomic E-state index is 12.7. The topological polar surface area (TPSA) is 119 Å². The van der Waals surface area contributed by atoms with E-state index >= 15 is 0 Å². The molecule has 0 unspecified atom stereocenters. The van der Waals surface area contributed by atoms with E-state index < -0.39 is 22.4 Å². The van der Waals surface area contributed by atoms with Crippen LogP contribution >= 0.6 is 0 Å². The minimum absolute atomic E-state index is 0.00935. The zero-order chi connectivity index (χ0) is 17.5. The number of aromatic nitrogens is 1. The predicted octanol–water partition coefficient (Wildman–Crippen LogP) is 1.86. The van der Waals surface area contributed by atoms with Crippen molar-refractivity contribution in [1.82, 2.24) is 15.4 Å². The highest BCUT2D eigenvalue weighted by Gasteiger charge is 2.49. The number of rotatable bonds is 4. The molecule has 1 atom stereocenters. The van der Waals surface area contributed by atoms with Crippen molar-refractivity contribution < 1.29 is 19.0 Å². The number of carbonyl (C=O) groups is 2. The van der Waals surface area contributed by atoms with Gasteiger partial charge in [0.05, 0.1) is 11.5 Å². The molecule has 1 fully saturated rings. The van der Waals surface area contributed by atoms with Gasteiger partial charge in [0, 0.05) is 18.2 Å². The molecule has 1 aromatic heterocycles. The second-order valence-corrected chi connectivity index (χ2v) is 5.68. The molecule has 0 spiro atoms. The lowest BCUT2D eigenvalue weighted by atomic mass is 9.92. The van der Waals surface area contributed by atoms with E-state index in [1.54, 1.807) is 19.9 Å². The van der Waals surface area contributed by atoms with Crippen LogP contribution in [0, 0.1) is 17.0 Å². The molecule has 2 aromatic rings. The molecule has 24 heavy (non-hydrogen) atoms. The van der Waals surface area contributed by atoms with Crippen molar-refractivity contribution in [3.63, 3.8) is 0 Å². The number of aryl methyl sites for hydroxylation is 1. The Hall–Kier alpha value is -3.23. The van der Waals surface area contributed by atoms with Gasteiger partial charge < -0.3 is 9.84 Å². The Labute approximate surface area is 136 Å². The number of nitro groups is 1. The third-order valence-corrected chi connectivity index (χ3v) is 3.93. The maximum absolute atomic E-state index is 12.7. The summed E-state index contributed by atoms with van der Waals surface area (Å²) in [6.07, 6.45) is 0. The van der Waals surface area contributed by atoms with Gasteiger partial charge in [-0.3, -0.25) is 19.8 Å². The van der Waals surface area contributed by atoms with Crippen LogP contribution in [0.4, 0.5) is 10.5 Å². The van der Waals surface area contributed by atoms with Gasteiger partial charge >= 0.3 is 6.03 Å². The molecular formula is C15H14N4O5. The number of hydrogen-bond acceptors (Lipinski definition) is 6. The highest BCUT2D eigenvalue weighted by molar-refractivity contribution is 6.07. The Bertz CT molecular complexity index is 829. The van der Waals surface area contributed by atoms with Crippen LogP contribution in [0.3, 0.4) is 0 Å². The van der Waals surface area contributed by atoms with Gasteiger partial charge in [0.2, 0.25) is 0 Å². The molecule has 0 radical (unpaired) electrons. The molecule has 1 aromatic carbocycles. The summed E-state index contributed by atoms with van der Waals surface area (Å²) in [5, 5.41) is 17.1. The molecule has 2 heterocycles. The summed E-state index contributed by atoms with van der Waals surface area (Å²) >= 11 is 0. The summed E-state index contributed by atoms with van der Waals surface area (Å²) in [5.74, 6) is 0.122. The second-order valence-electron chi connectivity index (χ2n) is 5.68. The lowest BCUT2D eigenvalue weighted by Gasteiger charge is -2.21. The van der Waals surface area contributed by atoms with E-state index in [0.717, 1.165) is 4.90 Å².